The Morgan fingerprint density at radius 2 is 1.71 bits per heavy atom. The van der Waals surface area contributed by atoms with Crippen molar-refractivity contribution in [3.63, 3.8) is 0 Å². The Morgan fingerprint density at radius 3 is 2.29 bits per heavy atom. The second-order valence-electron chi connectivity index (χ2n) is 3.73. The van der Waals surface area contributed by atoms with E-state index in [1.807, 2.05) is 0 Å². The molecule has 90 valence electrons. The molecule has 17 heavy (non-hydrogen) atoms. The summed E-state index contributed by atoms with van der Waals surface area (Å²) in [5, 5.41) is 0.263. The summed E-state index contributed by atoms with van der Waals surface area (Å²) in [7, 11) is -3.92. The summed E-state index contributed by atoms with van der Waals surface area (Å²) >= 11 is 0. The van der Waals surface area contributed by atoms with Gasteiger partial charge in [0.2, 0.25) is 0 Å². The first-order chi connectivity index (χ1) is 7.79. The standard InChI is InChI=1S/C10H9NO5S/c1-6-3-4-7-8(5-6)10(13)11(9(7)12)16-17(2,14)15/h3-5H,1-2H3. The molecule has 1 aromatic rings. The Kier molecular flexibility index (Phi) is 2.52. The highest BCUT2D eigenvalue weighted by Crippen LogP contribution is 2.24. The van der Waals surface area contributed by atoms with Crippen LogP contribution in [0.3, 0.4) is 0 Å². The predicted molar refractivity (Wildman–Crippen MR) is 57.6 cm³/mol. The molecule has 0 bridgehead atoms. The van der Waals surface area contributed by atoms with Crippen LogP contribution in [0.25, 0.3) is 0 Å². The van der Waals surface area contributed by atoms with E-state index in [1.54, 1.807) is 13.0 Å². The van der Waals surface area contributed by atoms with E-state index in [1.165, 1.54) is 12.1 Å². The molecule has 1 aromatic carbocycles. The number of rotatable bonds is 2. The van der Waals surface area contributed by atoms with Gasteiger partial charge in [-0.25, -0.2) is 0 Å². The number of hydrogen-bond acceptors (Lipinski definition) is 5. The van der Waals surface area contributed by atoms with Crippen molar-refractivity contribution in [2.45, 2.75) is 6.92 Å². The quantitative estimate of drug-likeness (QED) is 0.718. The van der Waals surface area contributed by atoms with Gasteiger partial charge in [-0.2, -0.15) is 8.42 Å². The molecule has 7 heteroatoms. The zero-order chi connectivity index (χ0) is 12.8. The lowest BCUT2D eigenvalue weighted by atomic mass is 10.1. The van der Waals surface area contributed by atoms with Gasteiger partial charge in [0.15, 0.2) is 0 Å². The van der Waals surface area contributed by atoms with Crippen molar-refractivity contribution in [3.05, 3.63) is 34.9 Å². The molecule has 1 aliphatic rings. The topological polar surface area (TPSA) is 80.8 Å². The fourth-order valence-electron chi connectivity index (χ4n) is 1.54. The molecule has 0 aliphatic carbocycles. The molecule has 1 aliphatic heterocycles. The van der Waals surface area contributed by atoms with Crippen molar-refractivity contribution in [1.29, 1.82) is 0 Å². The van der Waals surface area contributed by atoms with Crippen molar-refractivity contribution in [3.8, 4) is 0 Å². The Labute approximate surface area is 97.9 Å². The Hall–Kier alpha value is -1.73. The molecule has 0 saturated heterocycles. The molecule has 1 heterocycles. The smallest absolute Gasteiger partial charge is 0.266 e. The van der Waals surface area contributed by atoms with Crippen LogP contribution in [0.1, 0.15) is 26.3 Å². The van der Waals surface area contributed by atoms with Crippen molar-refractivity contribution in [2.75, 3.05) is 6.26 Å². The molecule has 0 atom stereocenters. The number of nitrogens with zero attached hydrogens (tertiary/aromatic N) is 1. The van der Waals surface area contributed by atoms with Crippen LogP contribution in [-0.2, 0) is 14.4 Å². The summed E-state index contributed by atoms with van der Waals surface area (Å²) in [6.45, 7) is 1.76. The summed E-state index contributed by atoms with van der Waals surface area (Å²) in [6, 6.07) is 4.64. The maximum Gasteiger partial charge on any atom is 0.287 e. The van der Waals surface area contributed by atoms with Gasteiger partial charge in [0.1, 0.15) is 0 Å². The first kappa shape index (κ1) is 11.7. The van der Waals surface area contributed by atoms with Crippen LogP contribution in [0.15, 0.2) is 18.2 Å². The molecule has 6 nitrogen and oxygen atoms in total. The highest BCUT2D eigenvalue weighted by atomic mass is 32.2. The van der Waals surface area contributed by atoms with Crippen LogP contribution in [0.2, 0.25) is 0 Å². The van der Waals surface area contributed by atoms with Crippen molar-refractivity contribution >= 4 is 21.9 Å². The predicted octanol–water partition coefficient (Wildman–Crippen LogP) is 0.482. The Morgan fingerprint density at radius 1 is 1.12 bits per heavy atom. The zero-order valence-electron chi connectivity index (χ0n) is 9.13. The second kappa shape index (κ2) is 3.64. The number of fused-ring (bicyclic) bond motifs is 1. The molecule has 2 rings (SSSR count). The molecule has 0 unspecified atom stereocenters. The molecular weight excluding hydrogens is 246 g/mol. The van der Waals surface area contributed by atoms with E-state index in [-0.39, 0.29) is 16.2 Å². The van der Waals surface area contributed by atoms with Crippen LogP contribution in [0.4, 0.5) is 0 Å². The van der Waals surface area contributed by atoms with Crippen molar-refractivity contribution < 1.29 is 22.3 Å². The van der Waals surface area contributed by atoms with E-state index in [4.69, 9.17) is 0 Å². The van der Waals surface area contributed by atoms with Crippen LogP contribution >= 0.6 is 0 Å². The first-order valence-electron chi connectivity index (χ1n) is 4.68. The normalized spacial score (nSPS) is 15.3. The first-order valence-corrected chi connectivity index (χ1v) is 6.50. The van der Waals surface area contributed by atoms with Gasteiger partial charge >= 0.3 is 0 Å². The highest BCUT2D eigenvalue weighted by Gasteiger charge is 2.38. The van der Waals surface area contributed by atoms with Crippen molar-refractivity contribution in [1.82, 2.24) is 5.06 Å². The van der Waals surface area contributed by atoms with E-state index < -0.39 is 21.9 Å². The van der Waals surface area contributed by atoms with E-state index in [2.05, 4.69) is 4.28 Å². The van der Waals surface area contributed by atoms with Crippen LogP contribution in [0.5, 0.6) is 0 Å². The summed E-state index contributed by atoms with van der Waals surface area (Å²) < 4.78 is 26.2. The van der Waals surface area contributed by atoms with Gasteiger partial charge in [-0.15, -0.1) is 9.35 Å². The number of benzene rings is 1. The monoisotopic (exact) mass is 255 g/mol. The van der Waals surface area contributed by atoms with Crippen LogP contribution in [0, 0.1) is 6.92 Å². The van der Waals surface area contributed by atoms with Crippen LogP contribution in [-0.4, -0.2) is 31.6 Å². The average molecular weight is 255 g/mol. The molecular formula is C10H9NO5S. The molecule has 0 saturated carbocycles. The third-order valence-electron chi connectivity index (χ3n) is 2.21. The minimum atomic E-state index is -3.92. The summed E-state index contributed by atoms with van der Waals surface area (Å²) in [4.78, 5) is 23.5. The molecule has 2 amide bonds. The minimum Gasteiger partial charge on any atom is -0.266 e. The molecule has 0 fully saturated rings. The van der Waals surface area contributed by atoms with E-state index in [0.717, 1.165) is 11.8 Å². The van der Waals surface area contributed by atoms with Gasteiger partial charge in [-0.1, -0.05) is 11.6 Å². The Balaban J connectivity index is 2.46. The lowest BCUT2D eigenvalue weighted by Crippen LogP contribution is -2.32. The van der Waals surface area contributed by atoms with E-state index in [9.17, 15) is 18.0 Å². The summed E-state index contributed by atoms with van der Waals surface area (Å²) in [5.74, 6) is -1.53. The number of hydrogen-bond donors (Lipinski definition) is 0. The van der Waals surface area contributed by atoms with Gasteiger partial charge in [-0.05, 0) is 19.1 Å². The third kappa shape index (κ3) is 2.06. The number of carbonyl (C=O) groups is 2. The highest BCUT2D eigenvalue weighted by molar-refractivity contribution is 7.85. The van der Waals surface area contributed by atoms with Gasteiger partial charge in [0, 0.05) is 0 Å². The van der Waals surface area contributed by atoms with Crippen molar-refractivity contribution in [2.24, 2.45) is 0 Å². The molecule has 0 radical (unpaired) electrons. The largest absolute Gasteiger partial charge is 0.287 e. The van der Waals surface area contributed by atoms with Crippen LogP contribution < -0.4 is 0 Å². The SMILES string of the molecule is Cc1ccc2c(c1)C(=O)N(OS(C)(=O)=O)C2=O. The average Bonchev–Trinajstić information content (AvgIpc) is 2.42. The fraction of sp³-hybridized carbons (Fsp3) is 0.200. The fourth-order valence-corrected chi connectivity index (χ4v) is 1.94. The number of imide groups is 1. The Bertz CT molecular complexity index is 620. The van der Waals surface area contributed by atoms with Gasteiger partial charge in [0.05, 0.1) is 17.4 Å². The van der Waals surface area contributed by atoms with E-state index in [0.29, 0.717) is 0 Å². The second-order valence-corrected chi connectivity index (χ2v) is 5.29. The van der Waals surface area contributed by atoms with E-state index >= 15 is 0 Å². The molecule has 0 spiro atoms. The molecule has 0 aromatic heterocycles. The maximum absolute atomic E-state index is 11.8. The van der Waals surface area contributed by atoms with Gasteiger partial charge in [-0.3, -0.25) is 9.59 Å². The lowest BCUT2D eigenvalue weighted by Gasteiger charge is -2.09. The van der Waals surface area contributed by atoms with Gasteiger partial charge in [0.25, 0.3) is 21.9 Å². The molecule has 0 N–H and O–H groups in total. The number of hydroxylamine groups is 2. The number of amides is 2. The maximum atomic E-state index is 11.8. The zero-order valence-corrected chi connectivity index (χ0v) is 9.95. The lowest BCUT2D eigenvalue weighted by molar-refractivity contribution is -0.00980. The third-order valence-corrected chi connectivity index (χ3v) is 2.63. The summed E-state index contributed by atoms with van der Waals surface area (Å²) in [6.07, 6.45) is 0.766. The number of aryl methyl sites for hydroxylation is 1. The summed E-state index contributed by atoms with van der Waals surface area (Å²) in [5.41, 5.74) is 1.09. The van der Waals surface area contributed by atoms with Gasteiger partial charge < -0.3 is 0 Å². The minimum absolute atomic E-state index is 0.143. The number of carbonyl (C=O) groups excluding carboxylic acids is 2.